The zero-order valence-corrected chi connectivity index (χ0v) is 21.1. The Hall–Kier alpha value is -5.14. The molecule has 8 aromatic rings. The summed E-state index contributed by atoms with van der Waals surface area (Å²) < 4.78 is 6.67. The lowest BCUT2D eigenvalue weighted by atomic mass is 9.86. The second kappa shape index (κ2) is 7.69. The van der Waals surface area contributed by atoms with Gasteiger partial charge in [0.05, 0.1) is 0 Å². The van der Waals surface area contributed by atoms with Crippen molar-refractivity contribution < 1.29 is 4.74 Å². The molecule has 0 aromatic heterocycles. The van der Waals surface area contributed by atoms with Gasteiger partial charge in [0.25, 0.3) is 0 Å². The SMILES string of the molecule is c1ccc2cc3c(cc2c1)c(-c1ccc2c4c(cccc14)Oc1c-2ccc2ccccc12)cc1ccccc13. The number of fused-ring (bicyclic) bond motifs is 8. The summed E-state index contributed by atoms with van der Waals surface area (Å²) in [5, 5.41) is 12.4. The molecule has 0 atom stereocenters. The van der Waals surface area contributed by atoms with Crippen LogP contribution in [0.15, 0.2) is 133 Å². The smallest absolute Gasteiger partial charge is 0.143 e. The van der Waals surface area contributed by atoms with Gasteiger partial charge in [0.1, 0.15) is 11.5 Å². The average Bonchev–Trinajstić information content (AvgIpc) is 3.00. The van der Waals surface area contributed by atoms with E-state index >= 15 is 0 Å². The van der Waals surface area contributed by atoms with Gasteiger partial charge in [0.15, 0.2) is 0 Å². The quantitative estimate of drug-likeness (QED) is 0.163. The third-order valence-electron chi connectivity index (χ3n) is 8.40. The number of hydrogen-bond donors (Lipinski definition) is 0. The molecule has 0 amide bonds. The molecule has 0 unspecified atom stereocenters. The van der Waals surface area contributed by atoms with Gasteiger partial charge in [-0.2, -0.15) is 0 Å². The fourth-order valence-electron chi connectivity index (χ4n) is 6.60. The van der Waals surface area contributed by atoms with Crippen LogP contribution in [0.25, 0.3) is 76.1 Å². The van der Waals surface area contributed by atoms with Gasteiger partial charge in [-0.3, -0.25) is 0 Å². The molecule has 0 radical (unpaired) electrons. The van der Waals surface area contributed by atoms with E-state index in [2.05, 4.69) is 133 Å². The topological polar surface area (TPSA) is 9.23 Å². The molecule has 1 aliphatic rings. The first-order valence-electron chi connectivity index (χ1n) is 13.4. The summed E-state index contributed by atoms with van der Waals surface area (Å²) in [5.74, 6) is 1.87. The lowest BCUT2D eigenvalue weighted by molar-refractivity contribution is 0.493. The van der Waals surface area contributed by atoms with Crippen molar-refractivity contribution in [2.24, 2.45) is 0 Å². The molecule has 0 aliphatic carbocycles. The van der Waals surface area contributed by atoms with E-state index in [1.165, 1.54) is 65.2 Å². The van der Waals surface area contributed by atoms with Crippen LogP contribution >= 0.6 is 0 Å². The highest BCUT2D eigenvalue weighted by molar-refractivity contribution is 6.21. The van der Waals surface area contributed by atoms with Gasteiger partial charge in [-0.25, -0.2) is 0 Å². The standard InChI is InChI=1S/C38H22O/c1-2-10-25-21-35-33(20-24(25)9-1)27-12-5-4-11-26(27)22-34(35)29-18-19-31-32-17-16-23-8-3-6-13-28(23)38(32)39-36-15-7-14-30(29)37(31)36/h1-22H. The molecule has 0 N–H and O–H groups in total. The maximum atomic E-state index is 6.67. The molecule has 1 heteroatoms. The van der Waals surface area contributed by atoms with Crippen LogP contribution in [0.1, 0.15) is 0 Å². The summed E-state index contributed by atoms with van der Waals surface area (Å²) in [6.07, 6.45) is 0. The molecule has 180 valence electrons. The van der Waals surface area contributed by atoms with Crippen molar-refractivity contribution in [3.8, 4) is 33.8 Å². The minimum absolute atomic E-state index is 0.920. The van der Waals surface area contributed by atoms with E-state index in [4.69, 9.17) is 4.74 Å². The summed E-state index contributed by atoms with van der Waals surface area (Å²) in [6, 6.07) is 48.4. The van der Waals surface area contributed by atoms with E-state index in [-0.39, 0.29) is 0 Å². The highest BCUT2D eigenvalue weighted by Crippen LogP contribution is 2.51. The zero-order valence-electron chi connectivity index (χ0n) is 21.1. The van der Waals surface area contributed by atoms with Crippen molar-refractivity contribution in [3.05, 3.63) is 133 Å². The molecular formula is C38H22O. The second-order valence-electron chi connectivity index (χ2n) is 10.5. The Balaban J connectivity index is 1.39. The van der Waals surface area contributed by atoms with Gasteiger partial charge in [0, 0.05) is 16.3 Å². The van der Waals surface area contributed by atoms with Crippen molar-refractivity contribution in [3.63, 3.8) is 0 Å². The normalized spacial score (nSPS) is 12.3. The molecular weight excluding hydrogens is 472 g/mol. The molecule has 0 fully saturated rings. The monoisotopic (exact) mass is 494 g/mol. The van der Waals surface area contributed by atoms with Crippen LogP contribution in [0, 0.1) is 0 Å². The first-order valence-corrected chi connectivity index (χ1v) is 13.4. The molecule has 0 bridgehead atoms. The van der Waals surface area contributed by atoms with Crippen molar-refractivity contribution in [2.75, 3.05) is 0 Å². The maximum Gasteiger partial charge on any atom is 0.143 e. The van der Waals surface area contributed by atoms with Crippen molar-refractivity contribution in [1.29, 1.82) is 0 Å². The third-order valence-corrected chi connectivity index (χ3v) is 8.40. The van der Waals surface area contributed by atoms with Crippen LogP contribution in [0.4, 0.5) is 0 Å². The lowest BCUT2D eigenvalue weighted by Gasteiger charge is -2.24. The predicted molar refractivity (Wildman–Crippen MR) is 165 cm³/mol. The van der Waals surface area contributed by atoms with E-state index in [0.717, 1.165) is 22.4 Å². The average molecular weight is 495 g/mol. The second-order valence-corrected chi connectivity index (χ2v) is 10.5. The summed E-state index contributed by atoms with van der Waals surface area (Å²) in [7, 11) is 0. The highest BCUT2D eigenvalue weighted by atomic mass is 16.5. The lowest BCUT2D eigenvalue weighted by Crippen LogP contribution is -1.99. The molecule has 8 aromatic carbocycles. The maximum absolute atomic E-state index is 6.67. The van der Waals surface area contributed by atoms with E-state index < -0.39 is 0 Å². The number of ether oxygens (including phenoxy) is 1. The largest absolute Gasteiger partial charge is 0.455 e. The van der Waals surface area contributed by atoms with Crippen molar-refractivity contribution in [2.45, 2.75) is 0 Å². The minimum atomic E-state index is 0.920. The van der Waals surface area contributed by atoms with Gasteiger partial charge in [-0.15, -0.1) is 0 Å². The van der Waals surface area contributed by atoms with Crippen molar-refractivity contribution in [1.82, 2.24) is 0 Å². The molecule has 0 spiro atoms. The number of benzene rings is 8. The van der Waals surface area contributed by atoms with Crippen LogP contribution in [0.3, 0.4) is 0 Å². The highest BCUT2D eigenvalue weighted by Gasteiger charge is 2.24. The first-order chi connectivity index (χ1) is 19.3. The van der Waals surface area contributed by atoms with E-state index in [0.29, 0.717) is 0 Å². The number of rotatable bonds is 1. The first kappa shape index (κ1) is 20.9. The Bertz CT molecular complexity index is 2310. The van der Waals surface area contributed by atoms with Crippen LogP contribution in [0.5, 0.6) is 11.5 Å². The zero-order chi connectivity index (χ0) is 25.5. The Morgan fingerprint density at radius 1 is 0.333 bits per heavy atom. The summed E-state index contributed by atoms with van der Waals surface area (Å²) in [4.78, 5) is 0. The molecule has 39 heavy (non-hydrogen) atoms. The van der Waals surface area contributed by atoms with Gasteiger partial charge in [-0.05, 0) is 90.1 Å². The number of hydrogen-bond acceptors (Lipinski definition) is 1. The molecule has 1 heterocycles. The Labute approximate surface area is 225 Å². The van der Waals surface area contributed by atoms with E-state index in [1.54, 1.807) is 0 Å². The van der Waals surface area contributed by atoms with Crippen molar-refractivity contribution >= 4 is 53.9 Å². The Morgan fingerprint density at radius 2 is 0.974 bits per heavy atom. The fraction of sp³-hybridized carbons (Fsp3) is 0. The van der Waals surface area contributed by atoms with Gasteiger partial charge in [0.2, 0.25) is 0 Å². The fourth-order valence-corrected chi connectivity index (χ4v) is 6.60. The predicted octanol–water partition coefficient (Wildman–Crippen LogP) is 10.9. The Morgan fingerprint density at radius 3 is 1.82 bits per heavy atom. The molecule has 9 rings (SSSR count). The van der Waals surface area contributed by atoms with Gasteiger partial charge >= 0.3 is 0 Å². The minimum Gasteiger partial charge on any atom is -0.455 e. The van der Waals surface area contributed by atoms with Crippen LogP contribution < -0.4 is 4.74 Å². The molecule has 1 aliphatic heterocycles. The Kier molecular flexibility index (Phi) is 4.11. The van der Waals surface area contributed by atoms with E-state index in [9.17, 15) is 0 Å². The third kappa shape index (κ3) is 2.90. The summed E-state index contributed by atoms with van der Waals surface area (Å²) in [5.41, 5.74) is 4.86. The van der Waals surface area contributed by atoms with Gasteiger partial charge < -0.3 is 4.74 Å². The van der Waals surface area contributed by atoms with Gasteiger partial charge in [-0.1, -0.05) is 103 Å². The molecule has 0 saturated carbocycles. The molecule has 1 nitrogen and oxygen atoms in total. The van der Waals surface area contributed by atoms with Crippen LogP contribution in [-0.2, 0) is 0 Å². The molecule has 0 saturated heterocycles. The van der Waals surface area contributed by atoms with Crippen LogP contribution in [-0.4, -0.2) is 0 Å². The van der Waals surface area contributed by atoms with E-state index in [1.807, 2.05) is 0 Å². The van der Waals surface area contributed by atoms with Crippen LogP contribution in [0.2, 0.25) is 0 Å². The summed E-state index contributed by atoms with van der Waals surface area (Å²) in [6.45, 7) is 0. The summed E-state index contributed by atoms with van der Waals surface area (Å²) >= 11 is 0.